The van der Waals surface area contributed by atoms with Crippen LogP contribution in [0.25, 0.3) is 64.6 Å². The van der Waals surface area contributed by atoms with Gasteiger partial charge in [0.15, 0.2) is 34.5 Å². The van der Waals surface area contributed by atoms with E-state index in [-0.39, 0.29) is 0 Å². The number of carbonyl (C=O) groups excluding carboxylic acids is 6. The van der Waals surface area contributed by atoms with Crippen LogP contribution in [0.15, 0.2) is 255 Å². The molecule has 6 aliphatic heterocycles. The number of benzene rings is 12. The van der Waals surface area contributed by atoms with E-state index >= 15 is 0 Å². The zero-order chi connectivity index (χ0) is 87.7. The number of carbonyl (C=O) groups is 6. The monoisotopic (exact) mass is 2110 g/mol. The Kier molecular flexibility index (Phi) is 40.6. The van der Waals surface area contributed by atoms with Gasteiger partial charge in [-0.2, -0.15) is 0 Å². The van der Waals surface area contributed by atoms with Gasteiger partial charge in [0.25, 0.3) is 0 Å². The zero-order valence-corrected chi connectivity index (χ0v) is 81.1. The molecule has 6 aliphatic rings. The minimum absolute atomic E-state index is 0.325. The normalized spacial score (nSPS) is 15.7. The van der Waals surface area contributed by atoms with Gasteiger partial charge in [0.05, 0.1) is 0 Å². The standard InChI is InChI=1S/6C16H17OS.3FH.9O.3Sb/c6*17-16(12-18-9-3-4-10-18)15-8-7-13-5-1-2-6-14(13)11-15;;;;;;;;;;;;;;;/h6*1-2,5-8,11H,3-4,9-10,12H2;3*1H;;;;;;;;;;;;/q6*+1;;;;;;;6*-1;3*+1/p-3. The van der Waals surface area contributed by atoms with E-state index in [0.717, 1.165) is 100 Å². The molecule has 6 heterocycles. The van der Waals surface area contributed by atoms with Crippen molar-refractivity contribution in [2.45, 2.75) is 77.0 Å². The molecule has 0 saturated carbocycles. The van der Waals surface area contributed by atoms with E-state index in [4.69, 9.17) is 29.4 Å². The molecule has 15 nitrogen and oxygen atoms in total. The van der Waals surface area contributed by atoms with E-state index in [2.05, 4.69) is 109 Å². The molecule has 0 N–H and O–H groups in total. The van der Waals surface area contributed by atoms with E-state index in [1.54, 1.807) is 0 Å². The molecule has 0 bridgehead atoms. The molecule has 0 spiro atoms. The molecule has 0 aromatic heterocycles. The predicted octanol–water partition coefficient (Wildman–Crippen LogP) is 13.2. The van der Waals surface area contributed by atoms with Gasteiger partial charge in [-0.3, -0.25) is 28.8 Å². The fourth-order valence-electron chi connectivity index (χ4n) is 14.9. The Morgan fingerprint density at radius 1 is 0.203 bits per heavy atom. The summed E-state index contributed by atoms with van der Waals surface area (Å²) in [6.45, 7) is 0. The maximum absolute atomic E-state index is 12.3. The number of fused-ring (bicyclic) bond motifs is 6. The van der Waals surface area contributed by atoms with Crippen molar-refractivity contribution in [2.75, 3.05) is 104 Å². The molecule has 6 saturated heterocycles. The number of Topliss-reactive ketones (excluding diaryl/α,β-unsaturated/α-hetero) is 6. The van der Waals surface area contributed by atoms with Gasteiger partial charge in [0, 0.05) is 33.4 Å². The van der Waals surface area contributed by atoms with Crippen molar-refractivity contribution in [1.29, 1.82) is 0 Å². The van der Waals surface area contributed by atoms with Crippen LogP contribution in [0.5, 0.6) is 0 Å². The molecular formula is C96H102F3O15S6Sb3. The summed E-state index contributed by atoms with van der Waals surface area (Å²) in [5.41, 5.74) is 5.30. The van der Waals surface area contributed by atoms with Gasteiger partial charge in [-0.1, -0.05) is 218 Å². The SMILES string of the molecule is O=C(C[S+]1CCCC1)c1ccc2ccccc2c1.O=C(C[S+]1CCCC1)c1ccc2ccccc2c1.O=C(C[S+]1CCCC1)c1ccc2ccccc2c1.O=C(C[S+]1CCCC1)c1ccc2ccccc2c1.O=C(C[S+]1CCCC1)c1ccc2ccccc2c1.O=C(C[S+]1CCCC1)c1ccc2ccccc2c1.[O]=[Sb]([O-])([O-])[F].[O]=[Sb]([O-])([O-])[F].[O]=[Sb]([O-])([O-])[F]. The van der Waals surface area contributed by atoms with Gasteiger partial charge in [-0.05, 0) is 243 Å². The molecule has 12 aromatic carbocycles. The second-order valence-corrected chi connectivity index (χ2v) is 51.8. The first kappa shape index (κ1) is 98.9. The first-order chi connectivity index (χ1) is 59.0. The molecule has 123 heavy (non-hydrogen) atoms. The van der Waals surface area contributed by atoms with Crippen LogP contribution in [0, 0.1) is 0 Å². The summed E-state index contributed by atoms with van der Waals surface area (Å²) >= 11 is -19.0. The Hall–Kier alpha value is -6.28. The fourth-order valence-corrected chi connectivity index (χ4v) is 28.5. The second kappa shape index (κ2) is 50.5. The summed E-state index contributed by atoms with van der Waals surface area (Å²) in [7, 11) is 2.15. The third-order valence-corrected chi connectivity index (χ3v) is 35.6. The van der Waals surface area contributed by atoms with Crippen molar-refractivity contribution in [1.82, 2.24) is 0 Å². The van der Waals surface area contributed by atoms with Gasteiger partial charge in [-0.15, -0.1) is 0 Å². The quantitative estimate of drug-likeness (QED) is 0.0438. The first-order valence-corrected chi connectivity index (χ1v) is 63.8. The number of hydrogen-bond acceptors (Lipinski definition) is 15. The van der Waals surface area contributed by atoms with Crippen LogP contribution >= 0.6 is 0 Å². The van der Waals surface area contributed by atoms with Crippen molar-refractivity contribution in [3.63, 3.8) is 0 Å². The van der Waals surface area contributed by atoms with Crippen LogP contribution in [0.2, 0.25) is 0 Å². The number of ketones is 6. The molecular weight excluding hydrogens is 2010 g/mol. The number of hydrogen-bond donors (Lipinski definition) is 0. The maximum atomic E-state index is 12.3. The molecule has 0 unspecified atom stereocenters. The molecule has 27 heteroatoms. The molecule has 648 valence electrons. The van der Waals surface area contributed by atoms with Gasteiger partial charge in [0.1, 0.15) is 69.0 Å². The van der Waals surface area contributed by atoms with Crippen LogP contribution in [-0.4, -0.2) is 199 Å². The van der Waals surface area contributed by atoms with Gasteiger partial charge in [-0.25, -0.2) is 0 Å². The zero-order valence-electron chi connectivity index (χ0n) is 68.5. The van der Waals surface area contributed by atoms with Crippen LogP contribution < -0.4 is 20.3 Å². The topological polar surface area (TPSA) is 292 Å². The van der Waals surface area contributed by atoms with Crippen LogP contribution in [-0.2, 0) is 74.4 Å². The fraction of sp³-hybridized carbons (Fsp3) is 0.312. The van der Waals surface area contributed by atoms with Crippen molar-refractivity contribution < 1.29 is 66.6 Å². The van der Waals surface area contributed by atoms with Crippen LogP contribution in [0.1, 0.15) is 139 Å². The molecule has 18 rings (SSSR count). The Labute approximate surface area is 752 Å². The predicted molar refractivity (Wildman–Crippen MR) is 500 cm³/mol. The minimum atomic E-state index is -6.35. The van der Waals surface area contributed by atoms with Crippen LogP contribution in [0.4, 0.5) is 8.44 Å². The van der Waals surface area contributed by atoms with E-state index in [0.29, 0.717) is 100 Å². The van der Waals surface area contributed by atoms with Crippen molar-refractivity contribution >= 4 is 225 Å². The van der Waals surface area contributed by atoms with Crippen LogP contribution in [0.3, 0.4) is 0 Å². The molecule has 12 aromatic rings. The number of halogens is 3. The summed E-state index contributed by atoms with van der Waals surface area (Å²) in [4.78, 5) is 73.5. The third kappa shape index (κ3) is 36.1. The number of rotatable bonds is 18. The van der Waals surface area contributed by atoms with Gasteiger partial charge < -0.3 is 0 Å². The summed E-state index contributed by atoms with van der Waals surface area (Å²) in [5.74, 6) is 21.7. The summed E-state index contributed by atoms with van der Waals surface area (Å²) in [6, 6.07) is 85.7. The average Bonchev–Trinajstić information content (AvgIpc) is 1.40. The van der Waals surface area contributed by atoms with Gasteiger partial charge in [0.2, 0.25) is 34.7 Å². The Morgan fingerprint density at radius 3 is 0.423 bits per heavy atom. The second-order valence-electron chi connectivity index (χ2n) is 30.4. The molecule has 6 fully saturated rings. The Balaban J connectivity index is 0.000000149. The molecule has 0 aliphatic carbocycles. The Bertz CT molecular complexity index is 4790. The van der Waals surface area contributed by atoms with E-state index in [9.17, 15) is 37.2 Å². The Morgan fingerprint density at radius 2 is 0.309 bits per heavy atom. The summed E-state index contributed by atoms with van der Waals surface area (Å²) < 4.78 is 107. The first-order valence-electron chi connectivity index (χ1n) is 41.1. The van der Waals surface area contributed by atoms with Crippen molar-refractivity contribution in [3.8, 4) is 0 Å². The van der Waals surface area contributed by atoms with E-state index < -0.39 is 60.6 Å². The average molecular weight is 2110 g/mol. The van der Waals surface area contributed by atoms with E-state index in [1.165, 1.54) is 178 Å². The molecule has 0 atom stereocenters. The summed E-state index contributed by atoms with van der Waals surface area (Å²) in [6.07, 6.45) is 15.8. The summed E-state index contributed by atoms with van der Waals surface area (Å²) in [5, 5.41) is 14.2. The molecule has 0 amide bonds. The molecule has 0 radical (unpaired) electrons. The van der Waals surface area contributed by atoms with Crippen molar-refractivity contribution in [2.24, 2.45) is 0 Å². The van der Waals surface area contributed by atoms with E-state index in [1.807, 2.05) is 146 Å². The third-order valence-electron chi connectivity index (χ3n) is 21.1. The van der Waals surface area contributed by atoms with Gasteiger partial charge >= 0.3 is 98.4 Å². The van der Waals surface area contributed by atoms with Crippen molar-refractivity contribution in [3.05, 3.63) is 288 Å².